The fourth-order valence-corrected chi connectivity index (χ4v) is 10.4. The van der Waals surface area contributed by atoms with Crippen LogP contribution in [0.3, 0.4) is 0 Å². The lowest BCUT2D eigenvalue weighted by Gasteiger charge is -2.63. The molecule has 6 saturated carbocycles. The molecule has 0 aromatic heterocycles. The van der Waals surface area contributed by atoms with Gasteiger partial charge in [0.2, 0.25) is 0 Å². The van der Waals surface area contributed by atoms with E-state index in [-0.39, 0.29) is 0 Å². The summed E-state index contributed by atoms with van der Waals surface area (Å²) in [7, 11) is 0. The number of nitrogens with zero attached hydrogens (tertiary/aromatic N) is 1. The van der Waals surface area contributed by atoms with Crippen LogP contribution in [0.15, 0.2) is 12.2 Å². The van der Waals surface area contributed by atoms with Crippen LogP contribution in [0.2, 0.25) is 0 Å². The zero-order valence-corrected chi connectivity index (χ0v) is 13.3. The van der Waals surface area contributed by atoms with Gasteiger partial charge in [-0.05, 0) is 78.4 Å². The van der Waals surface area contributed by atoms with Crippen LogP contribution < -0.4 is 0 Å². The molecule has 9 bridgehead atoms. The lowest BCUT2D eigenvalue weighted by atomic mass is 9.41. The van der Waals surface area contributed by atoms with Gasteiger partial charge < -0.3 is 0 Å². The highest BCUT2D eigenvalue weighted by Gasteiger charge is 2.86. The minimum Gasteiger partial charge on any atom is -0.296 e. The molecule has 3 saturated heterocycles. The van der Waals surface area contributed by atoms with E-state index < -0.39 is 0 Å². The zero-order chi connectivity index (χ0) is 13.8. The Morgan fingerprint density at radius 2 is 2.14 bits per heavy atom. The van der Waals surface area contributed by atoms with Crippen LogP contribution in [0.4, 0.5) is 0 Å². The molecule has 9 fully saturated rings. The molecule has 21 heavy (non-hydrogen) atoms. The van der Waals surface area contributed by atoms with Crippen molar-refractivity contribution in [1.82, 2.24) is 4.90 Å². The van der Waals surface area contributed by atoms with Crippen molar-refractivity contribution in [2.45, 2.75) is 64.0 Å². The van der Waals surface area contributed by atoms with Crippen molar-refractivity contribution < 1.29 is 0 Å². The Morgan fingerprint density at radius 1 is 1.24 bits per heavy atom. The topological polar surface area (TPSA) is 3.24 Å². The van der Waals surface area contributed by atoms with Gasteiger partial charge in [-0.3, -0.25) is 4.90 Å². The van der Waals surface area contributed by atoms with Crippen molar-refractivity contribution in [2.24, 2.45) is 39.9 Å². The molecule has 0 amide bonds. The SMILES string of the molecule is C=C1CC23C[C@H]4[C@@H]5[C@@]6(C)CCC[C@]57C([C@H]2C[C@H]1C[C@H]37)N4C6. The molecule has 9 rings (SSSR count). The largest absolute Gasteiger partial charge is 0.296 e. The second-order valence-corrected chi connectivity index (χ2v) is 10.4. The van der Waals surface area contributed by atoms with Crippen molar-refractivity contribution in [2.75, 3.05) is 6.54 Å². The number of hydrogen-bond donors (Lipinski definition) is 0. The molecule has 1 heteroatoms. The lowest BCUT2D eigenvalue weighted by molar-refractivity contribution is -0.115. The Morgan fingerprint density at radius 3 is 3.05 bits per heavy atom. The van der Waals surface area contributed by atoms with Gasteiger partial charge in [-0.1, -0.05) is 25.5 Å². The first-order valence-corrected chi connectivity index (χ1v) is 9.54. The fraction of sp³-hybridized carbons (Fsp3) is 0.900. The third-order valence-corrected chi connectivity index (χ3v) is 10.2. The third-order valence-electron chi connectivity index (χ3n) is 10.2. The smallest absolute Gasteiger partial charge is 0.0195 e. The summed E-state index contributed by atoms with van der Waals surface area (Å²) in [6.45, 7) is 8.63. The molecule has 3 heterocycles. The van der Waals surface area contributed by atoms with Crippen LogP contribution in [0.25, 0.3) is 0 Å². The van der Waals surface area contributed by atoms with Crippen molar-refractivity contribution in [3.8, 4) is 0 Å². The second-order valence-electron chi connectivity index (χ2n) is 10.4. The molecule has 6 aliphatic carbocycles. The molecule has 3 unspecified atom stereocenters. The predicted octanol–water partition coefficient (Wildman–Crippen LogP) is 3.85. The molecule has 9 aliphatic rings. The predicted molar refractivity (Wildman–Crippen MR) is 82.7 cm³/mol. The number of piperidine rings is 2. The molecular formula is C20H27N. The number of hydrogen-bond acceptors (Lipinski definition) is 1. The van der Waals surface area contributed by atoms with Crippen LogP contribution in [0.5, 0.6) is 0 Å². The van der Waals surface area contributed by atoms with E-state index in [1.54, 1.807) is 24.8 Å². The van der Waals surface area contributed by atoms with Gasteiger partial charge in [0.1, 0.15) is 0 Å². The Bertz CT molecular complexity index is 609. The van der Waals surface area contributed by atoms with Crippen LogP contribution in [0, 0.1) is 39.9 Å². The van der Waals surface area contributed by atoms with Gasteiger partial charge in [0.05, 0.1) is 0 Å². The molecule has 0 aromatic carbocycles. The highest BCUT2D eigenvalue weighted by Crippen LogP contribution is 2.87. The zero-order valence-electron chi connectivity index (χ0n) is 13.3. The maximum atomic E-state index is 4.51. The Labute approximate surface area is 128 Å². The standard InChI is InChI=1S/C20H27N/c1-11-8-19-9-14-16-18(2)4-3-5-20(16)15(19)7-12(11)6-13(19)17(20)21(14)10-18/h12-17H,1,3-10H2,2H3/t12-,13+,14-,15+,16+,17?,18-,19?,20+/m0/s1. The van der Waals surface area contributed by atoms with Crippen LogP contribution >= 0.6 is 0 Å². The molecule has 3 aliphatic heterocycles. The molecular weight excluding hydrogens is 254 g/mol. The number of rotatable bonds is 0. The third kappa shape index (κ3) is 0.821. The summed E-state index contributed by atoms with van der Waals surface area (Å²) in [5.74, 6) is 4.15. The van der Waals surface area contributed by atoms with Gasteiger partial charge in [0, 0.05) is 18.6 Å². The minimum absolute atomic E-state index is 0.689. The summed E-state index contributed by atoms with van der Waals surface area (Å²) < 4.78 is 0. The normalized spacial score (nSPS) is 74.5. The van der Waals surface area contributed by atoms with Gasteiger partial charge in [-0.25, -0.2) is 0 Å². The van der Waals surface area contributed by atoms with E-state index in [1.165, 1.54) is 32.2 Å². The number of fused-ring (bicyclic) bond motifs is 1. The molecule has 0 N–H and O–H groups in total. The van der Waals surface area contributed by atoms with E-state index in [0.717, 1.165) is 46.6 Å². The molecule has 1 nitrogen and oxygen atoms in total. The average molecular weight is 281 g/mol. The van der Waals surface area contributed by atoms with Crippen LogP contribution in [-0.4, -0.2) is 23.5 Å². The average Bonchev–Trinajstić information content (AvgIpc) is 2.84. The van der Waals surface area contributed by atoms with E-state index in [0.29, 0.717) is 5.41 Å². The summed E-state index contributed by atoms with van der Waals surface area (Å²) in [6.07, 6.45) is 10.7. The van der Waals surface area contributed by atoms with Gasteiger partial charge in [-0.15, -0.1) is 0 Å². The van der Waals surface area contributed by atoms with Crippen molar-refractivity contribution in [3.05, 3.63) is 12.2 Å². The van der Waals surface area contributed by atoms with Crippen LogP contribution in [0.1, 0.15) is 51.9 Å². The highest BCUT2D eigenvalue weighted by molar-refractivity contribution is 5.39. The molecule has 0 aromatic rings. The first-order valence-electron chi connectivity index (χ1n) is 9.54. The number of allylic oxidation sites excluding steroid dienone is 1. The van der Waals surface area contributed by atoms with E-state index in [9.17, 15) is 0 Å². The van der Waals surface area contributed by atoms with E-state index in [1.807, 2.05) is 0 Å². The van der Waals surface area contributed by atoms with E-state index in [4.69, 9.17) is 0 Å². The summed E-state index contributed by atoms with van der Waals surface area (Å²) in [5.41, 5.74) is 3.85. The van der Waals surface area contributed by atoms with Gasteiger partial charge in [-0.2, -0.15) is 0 Å². The molecule has 112 valence electrons. The van der Waals surface area contributed by atoms with Gasteiger partial charge >= 0.3 is 0 Å². The van der Waals surface area contributed by atoms with E-state index in [2.05, 4.69) is 18.4 Å². The Balaban J connectivity index is 1.53. The van der Waals surface area contributed by atoms with Crippen molar-refractivity contribution >= 4 is 0 Å². The Kier molecular flexibility index (Phi) is 1.50. The van der Waals surface area contributed by atoms with Gasteiger partial charge in [0.15, 0.2) is 0 Å². The van der Waals surface area contributed by atoms with Crippen LogP contribution in [-0.2, 0) is 0 Å². The first-order chi connectivity index (χ1) is 10.1. The quantitative estimate of drug-likeness (QED) is 0.610. The summed E-state index contributed by atoms with van der Waals surface area (Å²) in [4.78, 5) is 3.09. The Hall–Kier alpha value is -0.300. The maximum Gasteiger partial charge on any atom is 0.0195 e. The van der Waals surface area contributed by atoms with Crippen molar-refractivity contribution in [3.63, 3.8) is 0 Å². The fourth-order valence-electron chi connectivity index (χ4n) is 10.4. The van der Waals surface area contributed by atoms with Crippen molar-refractivity contribution in [1.29, 1.82) is 0 Å². The lowest BCUT2D eigenvalue weighted by Crippen LogP contribution is -2.58. The summed E-state index contributed by atoms with van der Waals surface area (Å²) >= 11 is 0. The monoisotopic (exact) mass is 281 g/mol. The highest BCUT2D eigenvalue weighted by atomic mass is 15.3. The summed E-state index contributed by atoms with van der Waals surface area (Å²) in [5, 5.41) is 0. The molecule has 0 radical (unpaired) electrons. The van der Waals surface area contributed by atoms with E-state index >= 15 is 0 Å². The second kappa shape index (κ2) is 2.79. The minimum atomic E-state index is 0.689. The van der Waals surface area contributed by atoms with Gasteiger partial charge in [0.25, 0.3) is 0 Å². The summed E-state index contributed by atoms with van der Waals surface area (Å²) in [6, 6.07) is 1.99. The first kappa shape index (κ1) is 11.3. The maximum absolute atomic E-state index is 4.51. The molecule has 2 spiro atoms. The molecule has 10 atom stereocenters.